The lowest BCUT2D eigenvalue weighted by Crippen LogP contribution is -2.03. The summed E-state index contributed by atoms with van der Waals surface area (Å²) in [6.07, 6.45) is 1.07. The quantitative estimate of drug-likeness (QED) is 0.174. The first-order valence-electron chi connectivity index (χ1n) is 31.0. The van der Waals surface area contributed by atoms with Gasteiger partial charge >= 0.3 is 0 Å². The van der Waals surface area contributed by atoms with Gasteiger partial charge in [0, 0.05) is 57.7 Å². The van der Waals surface area contributed by atoms with E-state index in [9.17, 15) is 10.5 Å². The number of nitrogens with zero attached hydrogens (tertiary/aromatic N) is 9. The van der Waals surface area contributed by atoms with E-state index in [1.54, 1.807) is 0 Å². The molecule has 9 nitrogen and oxygen atoms in total. The zero-order valence-electron chi connectivity index (χ0n) is 50.0. The fourth-order valence-corrected chi connectivity index (χ4v) is 15.3. The lowest BCUT2D eigenvalue weighted by atomic mass is 9.98. The summed E-state index contributed by atoms with van der Waals surface area (Å²) in [5.41, 5.74) is 15.5. The Bertz CT molecular complexity index is 6540. The van der Waals surface area contributed by atoms with E-state index in [1.165, 1.54) is 71.0 Å². The smallest absolute Gasteiger partial charge is 0.236 e. The first-order chi connectivity index (χ1) is 46.3. The maximum absolute atomic E-state index is 9.96. The van der Waals surface area contributed by atoms with E-state index in [4.69, 9.17) is 15.0 Å². The predicted molar refractivity (Wildman–Crippen MR) is 392 cm³/mol. The van der Waals surface area contributed by atoms with Crippen molar-refractivity contribution in [3.8, 4) is 40.8 Å². The summed E-state index contributed by atoms with van der Waals surface area (Å²) in [6.45, 7) is 0. The summed E-state index contributed by atoms with van der Waals surface area (Å²) < 4.78 is 8.72. The van der Waals surface area contributed by atoms with Crippen LogP contribution in [0.5, 0.6) is 0 Å². The molecule has 0 fully saturated rings. The minimum atomic E-state index is 0.371. The molecule has 1 aliphatic carbocycles. The molecule has 5 heterocycles. The Labute approximate surface area is 554 Å². The lowest BCUT2D eigenvalue weighted by Gasteiger charge is -2.11. The number of para-hydroxylation sites is 5. The number of hydrogen-bond acceptors (Lipinski definition) is 6. The molecule has 94 heavy (non-hydrogen) atoms. The van der Waals surface area contributed by atoms with Crippen LogP contribution in [0, 0.1) is 22.7 Å². The Hall–Kier alpha value is -11.9. The minimum Gasteiger partial charge on any atom is -0.309 e. The van der Waals surface area contributed by atoms with Crippen molar-refractivity contribution in [1.82, 2.24) is 33.6 Å². The number of rotatable bonds is 3. The molecule has 1 aliphatic rings. The van der Waals surface area contributed by atoms with E-state index in [2.05, 4.69) is 269 Å². The largest absolute Gasteiger partial charge is 0.309 e. The highest BCUT2D eigenvalue weighted by Crippen LogP contribution is 2.44. The van der Waals surface area contributed by atoms with Crippen LogP contribution in [0.25, 0.3) is 159 Å². The van der Waals surface area contributed by atoms with Crippen molar-refractivity contribution in [1.29, 1.82) is 10.5 Å². The molecule has 0 amide bonds. The fraction of sp³-hybridized carbons (Fsp3) is 0.0120. The van der Waals surface area contributed by atoms with E-state index in [0.717, 1.165) is 103 Å². The SMILES string of the molecule is Brc1ccc2c3c(ccc2c1)Cc1ccccc1-3.N#Cc1nc(-n2c3ccccc3c3c4ccc(-n5c6ccccc6c6c7ccccc7ccc65)cc4ccc32)nc2ccccc12.N#Cc1nc(-n2c3ccccc3c3c4ccc(Br)cc4ccc32)nc2ccccc12. The van der Waals surface area contributed by atoms with Crippen molar-refractivity contribution in [2.24, 2.45) is 0 Å². The third-order valence-corrected chi connectivity index (χ3v) is 19.6. The zero-order chi connectivity index (χ0) is 62.7. The molecule has 5 aromatic heterocycles. The molecule has 11 heteroatoms. The van der Waals surface area contributed by atoms with Crippen molar-refractivity contribution >= 4 is 162 Å². The number of benzene rings is 14. The van der Waals surface area contributed by atoms with Gasteiger partial charge in [0.15, 0.2) is 11.4 Å². The molecule has 0 N–H and O–H groups in total. The monoisotopic (exact) mass is 1330 g/mol. The molecule has 0 aliphatic heterocycles. The van der Waals surface area contributed by atoms with E-state index in [0.29, 0.717) is 23.3 Å². The van der Waals surface area contributed by atoms with Gasteiger partial charge in [-0.1, -0.05) is 208 Å². The zero-order valence-corrected chi connectivity index (χ0v) is 53.1. The highest BCUT2D eigenvalue weighted by Gasteiger charge is 2.23. The maximum atomic E-state index is 9.96. The first kappa shape index (κ1) is 55.0. The second-order valence-corrected chi connectivity index (χ2v) is 25.6. The van der Waals surface area contributed by atoms with Crippen LogP contribution in [0.4, 0.5) is 0 Å². The summed E-state index contributed by atoms with van der Waals surface area (Å²) in [5.74, 6) is 1.00. The Morgan fingerprint density at radius 3 is 1.30 bits per heavy atom. The van der Waals surface area contributed by atoms with Crippen LogP contribution in [-0.2, 0) is 6.42 Å². The van der Waals surface area contributed by atoms with Crippen molar-refractivity contribution in [2.45, 2.75) is 6.42 Å². The second-order valence-electron chi connectivity index (χ2n) is 23.7. The van der Waals surface area contributed by atoms with Gasteiger partial charge in [-0.3, -0.25) is 9.13 Å². The minimum absolute atomic E-state index is 0.371. The van der Waals surface area contributed by atoms with Crippen LogP contribution >= 0.6 is 31.9 Å². The molecule has 0 radical (unpaired) electrons. The van der Waals surface area contributed by atoms with Crippen LogP contribution in [-0.4, -0.2) is 33.6 Å². The van der Waals surface area contributed by atoms with Crippen LogP contribution in [0.2, 0.25) is 0 Å². The van der Waals surface area contributed by atoms with E-state index in [1.807, 2.05) is 66.7 Å². The van der Waals surface area contributed by atoms with Crippen molar-refractivity contribution in [3.63, 3.8) is 0 Å². The first-order valence-corrected chi connectivity index (χ1v) is 32.6. The van der Waals surface area contributed by atoms with Crippen LogP contribution in [0.3, 0.4) is 0 Å². The van der Waals surface area contributed by atoms with E-state index in [-0.39, 0.29) is 0 Å². The van der Waals surface area contributed by atoms with Crippen molar-refractivity contribution in [2.75, 3.05) is 0 Å². The van der Waals surface area contributed by atoms with Crippen molar-refractivity contribution < 1.29 is 0 Å². The average Bonchev–Trinajstić information content (AvgIpc) is 1.57. The van der Waals surface area contributed by atoms with Crippen LogP contribution in [0.15, 0.2) is 282 Å². The molecule has 20 rings (SSSR count). The third kappa shape index (κ3) is 8.70. The fourth-order valence-electron chi connectivity index (χ4n) is 14.6. The third-order valence-electron chi connectivity index (χ3n) is 18.6. The van der Waals surface area contributed by atoms with Gasteiger partial charge in [-0.15, -0.1) is 0 Å². The Morgan fingerprint density at radius 2 is 0.723 bits per heavy atom. The maximum Gasteiger partial charge on any atom is 0.236 e. The lowest BCUT2D eigenvalue weighted by molar-refractivity contribution is 1.00. The normalized spacial score (nSPS) is 11.9. The standard InChI is InChI=1S/C41H23N5.C25H13BrN4.C17H11Br/c42-24-34-30-11-3-6-14-33(30)43-41(44-34)46-36-16-8-5-13-32(36)40-29-20-19-27(23-26(29)18-22-38(40)46)45-35-15-7-4-12-31(35)39-28-10-2-1-9-25(28)17-21-37(39)45;26-16-10-11-17-15(13-16)9-12-23-24(17)19-6-2-4-8-22(19)30(23)25-28-20-7-3-1-5-18(20)21(14-27)29-25;18-14-7-8-16-12(10-14)5-6-13-9-11-3-1-2-4-15(11)17(13)16/h1-23H;1-13H;1-8,10H,9H2. The van der Waals surface area contributed by atoms with Gasteiger partial charge in [-0.2, -0.15) is 10.5 Å². The molecule has 0 spiro atoms. The highest BCUT2D eigenvalue weighted by atomic mass is 79.9. The predicted octanol–water partition coefficient (Wildman–Crippen LogP) is 21.7. The topological polar surface area (TPSA) is 114 Å². The summed E-state index contributed by atoms with van der Waals surface area (Å²) in [5, 5.41) is 38.1. The molecular formula is C83H47Br2N9. The molecule has 0 atom stereocenters. The Morgan fingerprint density at radius 1 is 0.309 bits per heavy atom. The highest BCUT2D eigenvalue weighted by molar-refractivity contribution is 9.10. The molecule has 0 saturated carbocycles. The average molecular weight is 1330 g/mol. The molecule has 0 saturated heterocycles. The van der Waals surface area contributed by atoms with Gasteiger partial charge in [0.25, 0.3) is 0 Å². The number of nitriles is 2. The molecule has 0 unspecified atom stereocenters. The van der Waals surface area contributed by atoms with Gasteiger partial charge in [-0.05, 0) is 169 Å². The molecule has 19 aromatic rings. The number of halogens is 2. The number of fused-ring (bicyclic) bond motifs is 22. The Balaban J connectivity index is 0.000000115. The summed E-state index contributed by atoms with van der Waals surface area (Å²) in [4.78, 5) is 19.1. The summed E-state index contributed by atoms with van der Waals surface area (Å²) >= 11 is 7.12. The second kappa shape index (κ2) is 21.9. The molecular weight excluding hydrogens is 1280 g/mol. The number of hydrogen-bond donors (Lipinski definition) is 0. The molecule has 438 valence electrons. The van der Waals surface area contributed by atoms with Gasteiger partial charge in [0.1, 0.15) is 12.1 Å². The number of aromatic nitrogens is 7. The van der Waals surface area contributed by atoms with E-state index < -0.39 is 0 Å². The van der Waals surface area contributed by atoms with Crippen molar-refractivity contribution in [3.05, 3.63) is 304 Å². The van der Waals surface area contributed by atoms with Crippen LogP contribution in [0.1, 0.15) is 22.5 Å². The molecule has 14 aromatic carbocycles. The Kier molecular flexibility index (Phi) is 12.8. The van der Waals surface area contributed by atoms with Gasteiger partial charge in [0.2, 0.25) is 11.9 Å². The van der Waals surface area contributed by atoms with Gasteiger partial charge < -0.3 is 4.57 Å². The van der Waals surface area contributed by atoms with Gasteiger partial charge in [-0.25, -0.2) is 19.9 Å². The van der Waals surface area contributed by atoms with E-state index >= 15 is 0 Å². The summed E-state index contributed by atoms with van der Waals surface area (Å²) in [6, 6.07) is 99.7. The van der Waals surface area contributed by atoms with Crippen LogP contribution < -0.4 is 0 Å². The van der Waals surface area contributed by atoms with Gasteiger partial charge in [0.05, 0.1) is 44.1 Å². The summed E-state index contributed by atoms with van der Waals surface area (Å²) in [7, 11) is 0. The molecule has 0 bridgehead atoms.